The number of amides is 1. The number of rotatable bonds is 7. The summed E-state index contributed by atoms with van der Waals surface area (Å²) in [6, 6.07) is 11.6. The maximum atomic E-state index is 11.2. The topological polar surface area (TPSA) is 112 Å². The highest BCUT2D eigenvalue weighted by Gasteiger charge is 2.30. The molecule has 0 atom stereocenters. The Hall–Kier alpha value is -2.64. The molecule has 3 fully saturated rings. The molecule has 1 aromatic heterocycles. The molecular formula is C28H37Cl2N7O2. The van der Waals surface area contributed by atoms with E-state index in [0.717, 1.165) is 89.4 Å². The van der Waals surface area contributed by atoms with E-state index in [4.69, 9.17) is 27.3 Å². The van der Waals surface area contributed by atoms with Gasteiger partial charge in [-0.15, -0.1) is 22.6 Å². The van der Waals surface area contributed by atoms with Crippen molar-refractivity contribution in [2.24, 2.45) is 11.7 Å². The third kappa shape index (κ3) is 7.52. The third-order valence-electron chi connectivity index (χ3n) is 8.29. The first-order chi connectivity index (χ1) is 18.5. The Morgan fingerprint density at radius 2 is 1.72 bits per heavy atom. The second kappa shape index (κ2) is 13.6. The van der Waals surface area contributed by atoms with Gasteiger partial charge in [0, 0.05) is 57.9 Å². The third-order valence-corrected chi connectivity index (χ3v) is 8.60. The lowest BCUT2D eigenvalue weighted by Crippen LogP contribution is -2.52. The maximum absolute atomic E-state index is 11.2. The minimum atomic E-state index is -0.546. The van der Waals surface area contributed by atoms with E-state index in [-0.39, 0.29) is 24.2 Å². The Labute approximate surface area is 241 Å². The first-order valence-corrected chi connectivity index (χ1v) is 14.1. The van der Waals surface area contributed by atoms with Gasteiger partial charge in [-0.05, 0) is 68.7 Å². The van der Waals surface area contributed by atoms with E-state index in [0.29, 0.717) is 22.5 Å². The highest BCUT2D eigenvalue weighted by molar-refractivity contribution is 6.31. The molecule has 39 heavy (non-hydrogen) atoms. The lowest BCUT2D eigenvalue weighted by atomic mass is 9.91. The van der Waals surface area contributed by atoms with E-state index in [2.05, 4.69) is 31.0 Å². The van der Waals surface area contributed by atoms with Gasteiger partial charge in [-0.2, -0.15) is 5.26 Å². The van der Waals surface area contributed by atoms with Crippen molar-refractivity contribution in [2.75, 3.05) is 50.7 Å². The largest absolute Gasteiger partial charge is 0.490 e. The van der Waals surface area contributed by atoms with E-state index >= 15 is 0 Å². The summed E-state index contributed by atoms with van der Waals surface area (Å²) in [6.45, 7) is 7.66. The van der Waals surface area contributed by atoms with Gasteiger partial charge in [0.25, 0.3) is 5.91 Å². The van der Waals surface area contributed by atoms with Crippen LogP contribution in [0.1, 0.15) is 54.6 Å². The van der Waals surface area contributed by atoms with Crippen LogP contribution < -0.4 is 15.4 Å². The number of benzene rings is 1. The molecule has 0 radical (unpaired) electrons. The summed E-state index contributed by atoms with van der Waals surface area (Å²) in [5, 5.41) is 17.6. The molecule has 1 aromatic carbocycles. The fourth-order valence-corrected chi connectivity index (χ4v) is 6.24. The van der Waals surface area contributed by atoms with Gasteiger partial charge in [0.05, 0.1) is 16.7 Å². The number of primary amides is 1. The highest BCUT2D eigenvalue weighted by atomic mass is 35.5. The number of halogens is 2. The number of hydrogen-bond donors (Lipinski definition) is 1. The zero-order chi connectivity index (χ0) is 26.5. The number of nitrogens with two attached hydrogens (primary N) is 1. The molecule has 2 N–H and O–H groups in total. The van der Waals surface area contributed by atoms with Gasteiger partial charge >= 0.3 is 0 Å². The molecule has 0 bridgehead atoms. The van der Waals surface area contributed by atoms with Gasteiger partial charge in [-0.25, -0.2) is 0 Å². The first-order valence-electron chi connectivity index (χ1n) is 13.7. The molecule has 0 unspecified atom stereocenters. The maximum Gasteiger partial charge on any atom is 0.269 e. The minimum Gasteiger partial charge on any atom is -0.490 e. The molecule has 9 nitrogen and oxygen atoms in total. The lowest BCUT2D eigenvalue weighted by Gasteiger charge is -2.43. The van der Waals surface area contributed by atoms with Crippen molar-refractivity contribution < 1.29 is 9.53 Å². The molecule has 5 rings (SSSR count). The zero-order valence-electron chi connectivity index (χ0n) is 22.2. The monoisotopic (exact) mass is 573 g/mol. The molecule has 11 heteroatoms. The Bertz CT molecular complexity index is 1140. The second-order valence-corrected chi connectivity index (χ2v) is 11.1. The van der Waals surface area contributed by atoms with E-state index in [1.165, 1.54) is 6.54 Å². The normalized spacial score (nSPS) is 23.0. The molecule has 1 saturated carbocycles. The molecule has 3 heterocycles. The van der Waals surface area contributed by atoms with Crippen LogP contribution in [0.5, 0.6) is 5.75 Å². The van der Waals surface area contributed by atoms with Crippen molar-refractivity contribution in [3.05, 3.63) is 46.6 Å². The number of anilines is 1. The molecule has 2 saturated heterocycles. The molecular weight excluding hydrogens is 537 g/mol. The fourth-order valence-electron chi connectivity index (χ4n) is 6.03. The molecule has 3 aliphatic rings. The van der Waals surface area contributed by atoms with Gasteiger partial charge in [-0.1, -0.05) is 11.6 Å². The number of carbonyl (C=O) groups excluding carboxylic acids is 1. The van der Waals surface area contributed by atoms with E-state index in [9.17, 15) is 4.79 Å². The molecule has 0 spiro atoms. The van der Waals surface area contributed by atoms with Gasteiger partial charge in [0.15, 0.2) is 11.5 Å². The van der Waals surface area contributed by atoms with Crippen LogP contribution in [-0.2, 0) is 0 Å². The number of piperazine rings is 1. The molecule has 2 aliphatic heterocycles. The van der Waals surface area contributed by atoms with Crippen LogP contribution in [0.2, 0.25) is 5.02 Å². The number of piperidine rings is 1. The van der Waals surface area contributed by atoms with Gasteiger partial charge in [0.1, 0.15) is 11.8 Å². The van der Waals surface area contributed by atoms with Crippen molar-refractivity contribution >= 4 is 35.7 Å². The summed E-state index contributed by atoms with van der Waals surface area (Å²) >= 11 is 6.16. The molecule has 2 aromatic rings. The average Bonchev–Trinajstić information content (AvgIpc) is 2.95. The van der Waals surface area contributed by atoms with Crippen molar-refractivity contribution in [1.29, 1.82) is 5.26 Å². The van der Waals surface area contributed by atoms with Crippen LogP contribution >= 0.6 is 24.0 Å². The van der Waals surface area contributed by atoms with Gasteiger partial charge in [0.2, 0.25) is 0 Å². The van der Waals surface area contributed by atoms with Crippen LogP contribution in [0, 0.1) is 17.2 Å². The van der Waals surface area contributed by atoms with Crippen molar-refractivity contribution in [3.63, 3.8) is 0 Å². The SMILES string of the molecule is Cl.N#Cc1ccc(OC2CCC(N3CCN(CC4CCN(c5ccc(C(N)=O)nn5)CC4)CC3)CC2)cc1Cl. The highest BCUT2D eigenvalue weighted by Crippen LogP contribution is 2.30. The van der Waals surface area contributed by atoms with Crippen molar-refractivity contribution in [2.45, 2.75) is 50.7 Å². The van der Waals surface area contributed by atoms with Crippen molar-refractivity contribution in [3.8, 4) is 11.8 Å². The number of hydrogen-bond acceptors (Lipinski definition) is 8. The number of carbonyl (C=O) groups is 1. The van der Waals surface area contributed by atoms with Gasteiger partial charge in [-0.3, -0.25) is 9.69 Å². The van der Waals surface area contributed by atoms with Crippen LogP contribution in [0.15, 0.2) is 30.3 Å². The predicted octanol–water partition coefficient (Wildman–Crippen LogP) is 3.75. The van der Waals surface area contributed by atoms with Crippen LogP contribution in [0.4, 0.5) is 5.82 Å². The standard InChI is InChI=1S/C28H36ClN7O2.ClH/c29-25-17-24(4-1-21(25)18-30)38-23-5-2-22(3-6-23)35-15-13-34(14-16-35)19-20-9-11-36(12-10-20)27-8-7-26(28(31)37)32-33-27;/h1,4,7-8,17,20,22-23H,2-3,5-6,9-16,19H2,(H2,31,37);1H. The molecule has 1 amide bonds. The number of ether oxygens (including phenoxy) is 1. The summed E-state index contributed by atoms with van der Waals surface area (Å²) in [7, 11) is 0. The number of aromatic nitrogens is 2. The Balaban J connectivity index is 0.00000353. The number of nitrogens with zero attached hydrogens (tertiary/aromatic N) is 6. The minimum absolute atomic E-state index is 0. The van der Waals surface area contributed by atoms with E-state index in [1.54, 1.807) is 18.2 Å². The Morgan fingerprint density at radius 3 is 2.31 bits per heavy atom. The van der Waals surface area contributed by atoms with Crippen molar-refractivity contribution in [1.82, 2.24) is 20.0 Å². The fraction of sp³-hybridized carbons (Fsp3) is 0.571. The quantitative estimate of drug-likeness (QED) is 0.533. The van der Waals surface area contributed by atoms with E-state index in [1.807, 2.05) is 12.1 Å². The zero-order valence-corrected chi connectivity index (χ0v) is 23.7. The average molecular weight is 575 g/mol. The molecule has 1 aliphatic carbocycles. The lowest BCUT2D eigenvalue weighted by molar-refractivity contribution is 0.0458. The van der Waals surface area contributed by atoms with E-state index < -0.39 is 5.91 Å². The summed E-state index contributed by atoms with van der Waals surface area (Å²) < 4.78 is 6.17. The van der Waals surface area contributed by atoms with Gasteiger partial charge < -0.3 is 20.3 Å². The molecule has 210 valence electrons. The Morgan fingerprint density at radius 1 is 1.00 bits per heavy atom. The summed E-state index contributed by atoms with van der Waals surface area (Å²) in [5.74, 6) is 1.74. The summed E-state index contributed by atoms with van der Waals surface area (Å²) in [4.78, 5) is 18.8. The number of nitriles is 1. The first kappa shape index (κ1) is 29.3. The van der Waals surface area contributed by atoms with Crippen LogP contribution in [0.25, 0.3) is 0 Å². The Kier molecular flexibility index (Phi) is 10.2. The summed E-state index contributed by atoms with van der Waals surface area (Å²) in [6.07, 6.45) is 6.94. The van der Waals surface area contributed by atoms with Crippen LogP contribution in [-0.4, -0.2) is 83.9 Å². The second-order valence-electron chi connectivity index (χ2n) is 10.7. The predicted molar refractivity (Wildman–Crippen MR) is 154 cm³/mol. The summed E-state index contributed by atoms with van der Waals surface area (Å²) in [5.41, 5.74) is 5.95. The smallest absolute Gasteiger partial charge is 0.269 e. The van der Waals surface area contributed by atoms with Crippen LogP contribution in [0.3, 0.4) is 0 Å².